The van der Waals surface area contributed by atoms with Crippen molar-refractivity contribution in [3.63, 3.8) is 0 Å². The molecule has 0 spiro atoms. The molecular formula is C11H22N2O2. The first-order valence-corrected chi connectivity index (χ1v) is 5.38. The van der Waals surface area contributed by atoms with Crippen molar-refractivity contribution in [2.45, 2.75) is 45.9 Å². The molecule has 0 aromatic carbocycles. The smallest absolute Gasteiger partial charge is 0.0900 e. The van der Waals surface area contributed by atoms with Gasteiger partial charge in [-0.2, -0.15) is 5.26 Å². The molecule has 4 nitrogen and oxygen atoms in total. The highest BCUT2D eigenvalue weighted by Gasteiger charge is 2.14. The van der Waals surface area contributed by atoms with Gasteiger partial charge in [0.05, 0.1) is 31.4 Å². The van der Waals surface area contributed by atoms with Gasteiger partial charge in [-0.3, -0.25) is 4.90 Å². The van der Waals surface area contributed by atoms with E-state index in [0.29, 0.717) is 19.7 Å². The quantitative estimate of drug-likeness (QED) is 0.642. The second kappa shape index (κ2) is 7.63. The Balaban J connectivity index is 3.89. The molecule has 0 aliphatic carbocycles. The van der Waals surface area contributed by atoms with E-state index in [1.165, 1.54) is 0 Å². The average Bonchev–Trinajstić information content (AvgIpc) is 2.14. The van der Waals surface area contributed by atoms with Crippen LogP contribution >= 0.6 is 0 Å². The predicted octanol–water partition coefficient (Wildman–Crippen LogP) is 1.01. The topological polar surface area (TPSA) is 56.5 Å². The summed E-state index contributed by atoms with van der Waals surface area (Å²) in [5.74, 6) is 0. The molecular weight excluding hydrogens is 192 g/mol. The second-order valence-electron chi connectivity index (χ2n) is 4.22. The summed E-state index contributed by atoms with van der Waals surface area (Å²) in [7, 11) is 0. The van der Waals surface area contributed by atoms with Gasteiger partial charge in [0.15, 0.2) is 0 Å². The van der Waals surface area contributed by atoms with Gasteiger partial charge < -0.3 is 9.84 Å². The number of rotatable bonds is 7. The van der Waals surface area contributed by atoms with Crippen LogP contribution in [-0.4, -0.2) is 48.0 Å². The van der Waals surface area contributed by atoms with Crippen LogP contribution in [0.3, 0.4) is 0 Å². The molecule has 4 heteroatoms. The van der Waals surface area contributed by atoms with Crippen molar-refractivity contribution >= 4 is 0 Å². The lowest BCUT2D eigenvalue weighted by atomic mass is 10.2. The maximum absolute atomic E-state index is 9.67. The number of hydrogen-bond donors (Lipinski definition) is 1. The Labute approximate surface area is 92.4 Å². The van der Waals surface area contributed by atoms with E-state index in [2.05, 4.69) is 6.07 Å². The first-order chi connectivity index (χ1) is 6.97. The summed E-state index contributed by atoms with van der Waals surface area (Å²) in [6.07, 6.45) is -0.397. The van der Waals surface area contributed by atoms with Crippen molar-refractivity contribution in [1.82, 2.24) is 4.90 Å². The van der Waals surface area contributed by atoms with E-state index in [-0.39, 0.29) is 12.1 Å². The summed E-state index contributed by atoms with van der Waals surface area (Å²) < 4.78 is 5.30. The summed E-state index contributed by atoms with van der Waals surface area (Å²) in [4.78, 5) is 1.92. The van der Waals surface area contributed by atoms with E-state index >= 15 is 0 Å². The number of hydrogen-bond acceptors (Lipinski definition) is 4. The molecule has 0 aromatic heterocycles. The van der Waals surface area contributed by atoms with E-state index in [4.69, 9.17) is 10.00 Å². The van der Waals surface area contributed by atoms with Crippen LogP contribution in [-0.2, 0) is 4.74 Å². The van der Waals surface area contributed by atoms with E-state index in [9.17, 15) is 5.11 Å². The molecule has 0 bridgehead atoms. The van der Waals surface area contributed by atoms with Crippen LogP contribution in [0.15, 0.2) is 0 Å². The minimum atomic E-state index is -0.525. The first kappa shape index (κ1) is 14.4. The Hall–Kier alpha value is -0.630. The maximum Gasteiger partial charge on any atom is 0.0900 e. The van der Waals surface area contributed by atoms with Crippen molar-refractivity contribution in [2.75, 3.05) is 19.7 Å². The zero-order valence-corrected chi connectivity index (χ0v) is 10.1. The molecule has 15 heavy (non-hydrogen) atoms. The third-order valence-corrected chi connectivity index (χ3v) is 2.07. The summed E-state index contributed by atoms with van der Waals surface area (Å²) in [5.41, 5.74) is 0. The number of nitriles is 1. The van der Waals surface area contributed by atoms with Crippen molar-refractivity contribution < 1.29 is 9.84 Å². The van der Waals surface area contributed by atoms with Crippen molar-refractivity contribution in [3.05, 3.63) is 0 Å². The lowest BCUT2D eigenvalue weighted by molar-refractivity contribution is -0.0104. The molecule has 0 amide bonds. The highest BCUT2D eigenvalue weighted by molar-refractivity contribution is 4.80. The lowest BCUT2D eigenvalue weighted by Gasteiger charge is -2.26. The Morgan fingerprint density at radius 3 is 2.33 bits per heavy atom. The van der Waals surface area contributed by atoms with Crippen LogP contribution in [0.1, 0.15) is 27.7 Å². The van der Waals surface area contributed by atoms with Gasteiger partial charge in [-0.1, -0.05) is 0 Å². The van der Waals surface area contributed by atoms with E-state index in [0.717, 1.165) is 0 Å². The normalized spacial score (nSPS) is 13.5. The van der Waals surface area contributed by atoms with Gasteiger partial charge >= 0.3 is 0 Å². The molecule has 88 valence electrons. The van der Waals surface area contributed by atoms with Crippen LogP contribution in [0.2, 0.25) is 0 Å². The average molecular weight is 214 g/mol. The first-order valence-electron chi connectivity index (χ1n) is 5.38. The minimum absolute atomic E-state index is 0.128. The minimum Gasteiger partial charge on any atom is -0.389 e. The highest BCUT2D eigenvalue weighted by Crippen LogP contribution is 2.01. The zero-order valence-electron chi connectivity index (χ0n) is 10.1. The number of aliphatic hydroxyl groups is 1. The lowest BCUT2D eigenvalue weighted by Crippen LogP contribution is -2.39. The summed E-state index contributed by atoms with van der Waals surface area (Å²) >= 11 is 0. The van der Waals surface area contributed by atoms with Gasteiger partial charge in [0, 0.05) is 12.6 Å². The number of ether oxygens (including phenoxy) is 1. The molecule has 0 rings (SSSR count). The second-order valence-corrected chi connectivity index (χ2v) is 4.22. The molecule has 1 unspecified atom stereocenters. The Morgan fingerprint density at radius 2 is 1.93 bits per heavy atom. The molecule has 0 fully saturated rings. The summed E-state index contributed by atoms with van der Waals surface area (Å²) in [6.45, 7) is 9.03. The van der Waals surface area contributed by atoms with Crippen molar-refractivity contribution in [1.29, 1.82) is 5.26 Å². The molecule has 0 saturated carbocycles. The van der Waals surface area contributed by atoms with E-state index in [1.54, 1.807) is 0 Å². The van der Waals surface area contributed by atoms with Gasteiger partial charge in [0.25, 0.3) is 0 Å². The fourth-order valence-electron chi connectivity index (χ4n) is 1.18. The van der Waals surface area contributed by atoms with E-state index in [1.807, 2.05) is 32.6 Å². The Morgan fingerprint density at radius 1 is 1.33 bits per heavy atom. The summed E-state index contributed by atoms with van der Waals surface area (Å²) in [6, 6.07) is 2.36. The van der Waals surface area contributed by atoms with Gasteiger partial charge in [-0.15, -0.1) is 0 Å². The van der Waals surface area contributed by atoms with Crippen LogP contribution < -0.4 is 0 Å². The molecule has 0 saturated heterocycles. The molecule has 1 N–H and O–H groups in total. The molecule has 0 aromatic rings. The maximum atomic E-state index is 9.67. The van der Waals surface area contributed by atoms with E-state index < -0.39 is 6.10 Å². The molecule has 1 atom stereocenters. The molecule has 0 aliphatic rings. The molecule has 0 aliphatic heterocycles. The zero-order chi connectivity index (χ0) is 11.8. The van der Waals surface area contributed by atoms with Crippen LogP contribution in [0.25, 0.3) is 0 Å². The third kappa shape index (κ3) is 7.32. The fourth-order valence-corrected chi connectivity index (χ4v) is 1.18. The fraction of sp³-hybridized carbons (Fsp3) is 0.909. The summed E-state index contributed by atoms with van der Waals surface area (Å²) in [5, 5.41) is 18.3. The predicted molar refractivity (Wildman–Crippen MR) is 59.4 cm³/mol. The van der Waals surface area contributed by atoms with Gasteiger partial charge in [0.2, 0.25) is 0 Å². The Kier molecular flexibility index (Phi) is 7.31. The SMILES string of the molecule is CC(C)OCC(O)CN(CC#N)C(C)C. The number of aliphatic hydroxyl groups excluding tert-OH is 1. The van der Waals surface area contributed by atoms with Gasteiger partial charge in [-0.25, -0.2) is 0 Å². The largest absolute Gasteiger partial charge is 0.389 e. The van der Waals surface area contributed by atoms with Gasteiger partial charge in [-0.05, 0) is 27.7 Å². The van der Waals surface area contributed by atoms with Crippen molar-refractivity contribution in [2.24, 2.45) is 0 Å². The highest BCUT2D eigenvalue weighted by atomic mass is 16.5. The third-order valence-electron chi connectivity index (χ3n) is 2.07. The van der Waals surface area contributed by atoms with Crippen LogP contribution in [0, 0.1) is 11.3 Å². The van der Waals surface area contributed by atoms with Crippen molar-refractivity contribution in [3.8, 4) is 6.07 Å². The standard InChI is InChI=1S/C11H22N2O2/c1-9(2)13(6-5-12)7-11(14)8-15-10(3)4/h9-11,14H,6-8H2,1-4H3. The number of nitrogens with zero attached hydrogens (tertiary/aromatic N) is 2. The van der Waals surface area contributed by atoms with Crippen LogP contribution in [0.4, 0.5) is 0 Å². The van der Waals surface area contributed by atoms with Crippen LogP contribution in [0.5, 0.6) is 0 Å². The monoisotopic (exact) mass is 214 g/mol. The van der Waals surface area contributed by atoms with Gasteiger partial charge in [0.1, 0.15) is 0 Å². The Bertz CT molecular complexity index is 199. The molecule has 0 radical (unpaired) electrons. The molecule has 0 heterocycles.